The lowest BCUT2D eigenvalue weighted by atomic mass is 9.95. The molecular formula is C33H23NO4. The molecule has 0 radical (unpaired) electrons. The molecule has 0 aliphatic carbocycles. The van der Waals surface area contributed by atoms with E-state index < -0.39 is 17.9 Å². The maximum Gasteiger partial charge on any atom is 0.421 e. The van der Waals surface area contributed by atoms with Crippen LogP contribution in [0.3, 0.4) is 0 Å². The number of carbonyl (C=O) groups excluding carboxylic acids is 2. The van der Waals surface area contributed by atoms with Crippen LogP contribution in [0.15, 0.2) is 133 Å². The molecule has 0 aromatic heterocycles. The van der Waals surface area contributed by atoms with Gasteiger partial charge in [0.1, 0.15) is 0 Å². The fourth-order valence-corrected chi connectivity index (χ4v) is 4.54. The van der Waals surface area contributed by atoms with Crippen LogP contribution >= 0.6 is 0 Å². The van der Waals surface area contributed by atoms with Crippen LogP contribution in [0.25, 0.3) is 33.4 Å². The number of fused-ring (bicyclic) bond motifs is 1. The van der Waals surface area contributed by atoms with E-state index in [-0.39, 0.29) is 16.0 Å². The molecule has 1 aliphatic heterocycles. The zero-order valence-corrected chi connectivity index (χ0v) is 20.3. The Labute approximate surface area is 220 Å². The first-order chi connectivity index (χ1) is 18.6. The molecule has 1 N–H and O–H groups in total. The minimum Gasteiger partial charge on any atom is -0.464 e. The van der Waals surface area contributed by atoms with Gasteiger partial charge >= 0.3 is 6.09 Å². The summed E-state index contributed by atoms with van der Waals surface area (Å²) in [6.45, 7) is 0. The summed E-state index contributed by atoms with van der Waals surface area (Å²) in [7, 11) is 0. The minimum absolute atomic E-state index is 0.124. The normalized spacial score (nSPS) is 11.9. The largest absolute Gasteiger partial charge is 0.464 e. The highest BCUT2D eigenvalue weighted by Crippen LogP contribution is 2.33. The number of carbonyl (C=O) groups is 3. The average molecular weight is 498 g/mol. The van der Waals surface area contributed by atoms with E-state index in [0.29, 0.717) is 5.56 Å². The van der Waals surface area contributed by atoms with E-state index in [1.165, 1.54) is 28.3 Å². The highest BCUT2D eigenvalue weighted by atomic mass is 16.4. The molecule has 1 heterocycles. The van der Waals surface area contributed by atoms with Crippen LogP contribution in [0.2, 0.25) is 0 Å². The van der Waals surface area contributed by atoms with Gasteiger partial charge in [-0.25, -0.2) is 4.79 Å². The van der Waals surface area contributed by atoms with Crippen molar-refractivity contribution in [2.75, 3.05) is 0 Å². The van der Waals surface area contributed by atoms with Crippen molar-refractivity contribution in [3.8, 4) is 33.4 Å². The van der Waals surface area contributed by atoms with E-state index in [1.807, 2.05) is 18.2 Å². The fraction of sp³-hybridized carbons (Fsp3) is 0. The summed E-state index contributed by atoms with van der Waals surface area (Å²) in [5, 5.41) is 8.97. The summed E-state index contributed by atoms with van der Waals surface area (Å²) < 4.78 is 0. The number of carboxylic acid groups (broad SMARTS) is 1. The summed E-state index contributed by atoms with van der Waals surface area (Å²) in [6.07, 6.45) is -1.56. The van der Waals surface area contributed by atoms with E-state index in [0.717, 1.165) is 5.56 Å². The number of imide groups is 3. The Morgan fingerprint density at radius 1 is 0.447 bits per heavy atom. The van der Waals surface area contributed by atoms with Gasteiger partial charge in [-0.2, -0.15) is 4.90 Å². The first-order valence-corrected chi connectivity index (χ1v) is 12.1. The second-order valence-corrected chi connectivity index (χ2v) is 8.60. The van der Waals surface area contributed by atoms with Crippen molar-refractivity contribution in [1.82, 2.24) is 4.90 Å². The third kappa shape index (κ3) is 4.73. The molecule has 6 rings (SSSR count). The van der Waals surface area contributed by atoms with E-state index in [1.54, 1.807) is 24.3 Å². The van der Waals surface area contributed by atoms with Gasteiger partial charge in [0, 0.05) is 0 Å². The number of hydrogen-bond acceptors (Lipinski definition) is 3. The number of benzene rings is 5. The second kappa shape index (κ2) is 10.8. The van der Waals surface area contributed by atoms with Crippen LogP contribution in [0.1, 0.15) is 20.7 Å². The van der Waals surface area contributed by atoms with Crippen LogP contribution in [0, 0.1) is 0 Å². The van der Waals surface area contributed by atoms with E-state index >= 15 is 0 Å². The Kier molecular flexibility index (Phi) is 6.91. The highest BCUT2D eigenvalue weighted by Gasteiger charge is 2.41. The molecule has 184 valence electrons. The lowest BCUT2D eigenvalue weighted by Crippen LogP contribution is -2.34. The van der Waals surface area contributed by atoms with Gasteiger partial charge in [0.05, 0.1) is 11.1 Å². The molecule has 38 heavy (non-hydrogen) atoms. The third-order valence-electron chi connectivity index (χ3n) is 6.29. The molecule has 0 spiro atoms. The van der Waals surface area contributed by atoms with Crippen molar-refractivity contribution in [3.05, 3.63) is 145 Å². The maximum absolute atomic E-state index is 12.2. The summed E-state index contributed by atoms with van der Waals surface area (Å²) in [6, 6.07) is 43.4. The lowest BCUT2D eigenvalue weighted by Gasteiger charge is -2.09. The van der Waals surface area contributed by atoms with E-state index in [9.17, 15) is 14.4 Å². The zero-order chi connectivity index (χ0) is 26.5. The summed E-state index contributed by atoms with van der Waals surface area (Å²) >= 11 is 0. The molecule has 5 aromatic carbocycles. The van der Waals surface area contributed by atoms with E-state index in [4.69, 9.17) is 5.11 Å². The van der Waals surface area contributed by atoms with Gasteiger partial charge in [-0.05, 0) is 39.4 Å². The smallest absolute Gasteiger partial charge is 0.421 e. The molecule has 0 saturated carbocycles. The molecule has 0 bridgehead atoms. The van der Waals surface area contributed by atoms with Crippen molar-refractivity contribution in [1.29, 1.82) is 0 Å². The van der Waals surface area contributed by atoms with Crippen molar-refractivity contribution in [3.63, 3.8) is 0 Å². The predicted molar refractivity (Wildman–Crippen MR) is 148 cm³/mol. The Hall–Kier alpha value is -5.29. The Morgan fingerprint density at radius 2 is 0.816 bits per heavy atom. The first-order valence-electron chi connectivity index (χ1n) is 12.1. The van der Waals surface area contributed by atoms with Crippen LogP contribution in [0.4, 0.5) is 4.79 Å². The molecule has 5 aromatic rings. The van der Waals surface area contributed by atoms with Gasteiger partial charge in [-0.15, -0.1) is 0 Å². The Bertz CT molecular complexity index is 1560. The maximum atomic E-state index is 12.2. The number of nitrogens with zero attached hydrogens (tertiary/aromatic N) is 1. The molecular weight excluding hydrogens is 474 g/mol. The van der Waals surface area contributed by atoms with Crippen molar-refractivity contribution < 1.29 is 19.5 Å². The molecule has 5 nitrogen and oxygen atoms in total. The number of rotatable bonds is 3. The molecule has 1 aliphatic rings. The molecule has 3 amide bonds. The van der Waals surface area contributed by atoms with Crippen LogP contribution in [-0.2, 0) is 0 Å². The predicted octanol–water partition coefficient (Wildman–Crippen LogP) is 7.65. The average Bonchev–Trinajstić information content (AvgIpc) is 3.24. The fourth-order valence-electron chi connectivity index (χ4n) is 4.54. The number of amides is 3. The topological polar surface area (TPSA) is 74.7 Å². The zero-order valence-electron chi connectivity index (χ0n) is 20.3. The van der Waals surface area contributed by atoms with Gasteiger partial charge in [-0.1, -0.05) is 127 Å². The van der Waals surface area contributed by atoms with Crippen LogP contribution in [-0.4, -0.2) is 27.9 Å². The first kappa shape index (κ1) is 24.4. The SMILES string of the molecule is O=C(O)N1C(=O)c2cccc(-c3ccccc3)c2C1=O.c1ccc(-c2ccccc2-c2ccccc2)cc1. The summed E-state index contributed by atoms with van der Waals surface area (Å²) in [4.78, 5) is 35.4. The van der Waals surface area contributed by atoms with Crippen LogP contribution in [0.5, 0.6) is 0 Å². The van der Waals surface area contributed by atoms with Crippen molar-refractivity contribution in [2.45, 2.75) is 0 Å². The second-order valence-electron chi connectivity index (χ2n) is 8.60. The van der Waals surface area contributed by atoms with E-state index in [2.05, 4.69) is 84.9 Å². The Balaban J connectivity index is 0.000000156. The highest BCUT2D eigenvalue weighted by molar-refractivity contribution is 6.29. The van der Waals surface area contributed by atoms with Gasteiger partial charge in [0.25, 0.3) is 11.8 Å². The lowest BCUT2D eigenvalue weighted by molar-refractivity contribution is 0.0651. The quantitative estimate of drug-likeness (QED) is 0.260. The van der Waals surface area contributed by atoms with Gasteiger partial charge in [-0.3, -0.25) is 9.59 Å². The molecule has 0 saturated heterocycles. The molecule has 0 fully saturated rings. The Morgan fingerprint density at radius 3 is 1.26 bits per heavy atom. The van der Waals surface area contributed by atoms with Crippen molar-refractivity contribution in [2.24, 2.45) is 0 Å². The molecule has 5 heteroatoms. The van der Waals surface area contributed by atoms with Crippen molar-refractivity contribution >= 4 is 17.9 Å². The van der Waals surface area contributed by atoms with Crippen LogP contribution < -0.4 is 0 Å². The third-order valence-corrected chi connectivity index (χ3v) is 6.29. The monoisotopic (exact) mass is 497 g/mol. The number of hydrogen-bond donors (Lipinski definition) is 1. The molecule has 0 unspecified atom stereocenters. The van der Waals surface area contributed by atoms with Gasteiger partial charge < -0.3 is 5.11 Å². The summed E-state index contributed by atoms with van der Waals surface area (Å²) in [5.41, 5.74) is 6.68. The standard InChI is InChI=1S/C18H14.C15H9NO4/c1-3-9-15(10-4-1)17-13-7-8-14-18(17)16-11-5-2-6-12-16;17-13-11-8-4-7-10(9-5-2-1-3-6-9)12(11)14(18)16(13)15(19)20/h1-14H;1-8H,(H,19,20). The summed E-state index contributed by atoms with van der Waals surface area (Å²) in [5.74, 6) is -1.59. The van der Waals surface area contributed by atoms with Gasteiger partial charge in [0.2, 0.25) is 0 Å². The minimum atomic E-state index is -1.56. The molecule has 0 atom stereocenters. The van der Waals surface area contributed by atoms with Gasteiger partial charge in [0.15, 0.2) is 0 Å².